The number of carbonyl (C=O) groups is 1. The highest BCUT2D eigenvalue weighted by Crippen LogP contribution is 2.21. The van der Waals surface area contributed by atoms with E-state index in [9.17, 15) is 13.2 Å². The Bertz CT molecular complexity index is 798. The van der Waals surface area contributed by atoms with E-state index in [1.807, 2.05) is 6.07 Å². The highest BCUT2D eigenvalue weighted by molar-refractivity contribution is 7.89. The van der Waals surface area contributed by atoms with Gasteiger partial charge in [0, 0.05) is 11.6 Å². The van der Waals surface area contributed by atoms with Gasteiger partial charge >= 0.3 is 0 Å². The van der Waals surface area contributed by atoms with E-state index in [1.165, 1.54) is 31.2 Å². The molecule has 0 bridgehead atoms. The molecule has 0 saturated carbocycles. The van der Waals surface area contributed by atoms with Crippen LogP contribution in [-0.2, 0) is 10.0 Å². The first kappa shape index (κ1) is 17.2. The van der Waals surface area contributed by atoms with E-state index in [2.05, 4.69) is 4.72 Å². The molecule has 0 aliphatic rings. The van der Waals surface area contributed by atoms with Crippen LogP contribution < -0.4 is 9.46 Å². The third-order valence-electron chi connectivity index (χ3n) is 3.50. The molecule has 0 aliphatic carbocycles. The van der Waals surface area contributed by atoms with Crippen molar-refractivity contribution < 1.29 is 17.9 Å². The molecule has 6 heteroatoms. The van der Waals surface area contributed by atoms with Crippen LogP contribution in [-0.4, -0.2) is 21.3 Å². The summed E-state index contributed by atoms with van der Waals surface area (Å²) < 4.78 is 32.6. The molecule has 0 saturated heterocycles. The van der Waals surface area contributed by atoms with Crippen LogP contribution in [0.1, 0.15) is 35.8 Å². The Hall–Kier alpha value is -2.18. The molecule has 5 nitrogen and oxygen atoms in total. The third-order valence-corrected chi connectivity index (χ3v) is 5.05. The van der Waals surface area contributed by atoms with Gasteiger partial charge in [-0.25, -0.2) is 13.1 Å². The zero-order valence-corrected chi connectivity index (χ0v) is 14.1. The molecule has 2 aromatic carbocycles. The summed E-state index contributed by atoms with van der Waals surface area (Å²) in [5.74, 6) is 0.561. The standard InChI is InChI=1S/C17H19NO4S/c1-12(15-5-4-6-16(11-15)22-3)18-23(20,21)17-9-7-14(8-10-17)13(2)19/h4-12,18H,1-3H3/t12-/m1/s1. The largest absolute Gasteiger partial charge is 0.497 e. The quantitative estimate of drug-likeness (QED) is 0.825. The zero-order valence-electron chi connectivity index (χ0n) is 13.2. The Morgan fingerprint density at radius 1 is 1.13 bits per heavy atom. The maximum Gasteiger partial charge on any atom is 0.241 e. The number of benzene rings is 2. The van der Waals surface area contributed by atoms with Crippen LogP contribution in [0, 0.1) is 0 Å². The van der Waals surface area contributed by atoms with Gasteiger partial charge in [-0.1, -0.05) is 24.3 Å². The van der Waals surface area contributed by atoms with E-state index < -0.39 is 16.1 Å². The second kappa shape index (κ2) is 6.93. The molecule has 2 aromatic rings. The highest BCUT2D eigenvalue weighted by atomic mass is 32.2. The van der Waals surface area contributed by atoms with Crippen LogP contribution in [0.5, 0.6) is 5.75 Å². The van der Waals surface area contributed by atoms with Crippen molar-refractivity contribution in [2.45, 2.75) is 24.8 Å². The SMILES string of the molecule is COc1cccc([C@@H](C)NS(=O)(=O)c2ccc(C(C)=O)cc2)c1. The van der Waals surface area contributed by atoms with Gasteiger partial charge in [-0.15, -0.1) is 0 Å². The molecule has 0 fully saturated rings. The molecule has 1 N–H and O–H groups in total. The minimum atomic E-state index is -3.67. The van der Waals surface area contributed by atoms with Crippen molar-refractivity contribution in [3.8, 4) is 5.75 Å². The van der Waals surface area contributed by atoms with Gasteiger partial charge in [-0.2, -0.15) is 0 Å². The van der Waals surface area contributed by atoms with Crippen LogP contribution in [0.2, 0.25) is 0 Å². The second-order valence-corrected chi connectivity index (χ2v) is 6.91. The Kier molecular flexibility index (Phi) is 5.18. The number of ketones is 1. The predicted octanol–water partition coefficient (Wildman–Crippen LogP) is 2.94. The summed E-state index contributed by atoms with van der Waals surface area (Å²) in [7, 11) is -2.11. The van der Waals surface area contributed by atoms with Gasteiger partial charge < -0.3 is 4.74 Å². The van der Waals surface area contributed by atoms with E-state index >= 15 is 0 Å². The number of hydrogen-bond acceptors (Lipinski definition) is 4. The summed E-state index contributed by atoms with van der Waals surface area (Å²) in [6.07, 6.45) is 0. The first-order valence-corrected chi connectivity index (χ1v) is 8.59. The summed E-state index contributed by atoms with van der Waals surface area (Å²) in [6.45, 7) is 3.20. The van der Waals surface area contributed by atoms with Gasteiger partial charge in [0.05, 0.1) is 12.0 Å². The zero-order chi connectivity index (χ0) is 17.0. The Balaban J connectivity index is 2.21. The normalized spacial score (nSPS) is 12.7. The number of ether oxygens (including phenoxy) is 1. The van der Waals surface area contributed by atoms with Crippen molar-refractivity contribution >= 4 is 15.8 Å². The number of carbonyl (C=O) groups excluding carboxylic acids is 1. The summed E-state index contributed by atoms with van der Waals surface area (Å²) in [6, 6.07) is 12.7. The van der Waals surface area contributed by atoms with Crippen LogP contribution in [0.3, 0.4) is 0 Å². The van der Waals surface area contributed by atoms with E-state index in [0.717, 1.165) is 5.56 Å². The number of methoxy groups -OCH3 is 1. The van der Waals surface area contributed by atoms with Crippen molar-refractivity contribution in [3.05, 3.63) is 59.7 Å². The van der Waals surface area contributed by atoms with E-state index in [0.29, 0.717) is 11.3 Å². The van der Waals surface area contributed by atoms with Gasteiger partial charge in [0.2, 0.25) is 10.0 Å². The molecule has 122 valence electrons. The molecule has 0 radical (unpaired) electrons. The second-order valence-electron chi connectivity index (χ2n) is 5.20. The van der Waals surface area contributed by atoms with E-state index in [1.54, 1.807) is 32.2 Å². The van der Waals surface area contributed by atoms with Crippen molar-refractivity contribution in [2.75, 3.05) is 7.11 Å². The maximum absolute atomic E-state index is 12.4. The average molecular weight is 333 g/mol. The van der Waals surface area contributed by atoms with Crippen LogP contribution >= 0.6 is 0 Å². The lowest BCUT2D eigenvalue weighted by molar-refractivity contribution is 0.101. The number of sulfonamides is 1. The number of Topliss-reactive ketones (excluding diaryl/α,β-unsaturated/α-hetero) is 1. The lowest BCUT2D eigenvalue weighted by Gasteiger charge is -2.15. The lowest BCUT2D eigenvalue weighted by atomic mass is 10.1. The monoisotopic (exact) mass is 333 g/mol. The average Bonchev–Trinajstić information content (AvgIpc) is 2.54. The maximum atomic E-state index is 12.4. The van der Waals surface area contributed by atoms with Crippen LogP contribution in [0.25, 0.3) is 0 Å². The van der Waals surface area contributed by atoms with E-state index in [4.69, 9.17) is 4.74 Å². The van der Waals surface area contributed by atoms with E-state index in [-0.39, 0.29) is 10.7 Å². The molecule has 0 aromatic heterocycles. The van der Waals surface area contributed by atoms with Crippen LogP contribution in [0.15, 0.2) is 53.4 Å². The van der Waals surface area contributed by atoms with Gasteiger partial charge in [0.25, 0.3) is 0 Å². The molecule has 0 aliphatic heterocycles. The molecule has 0 spiro atoms. The van der Waals surface area contributed by atoms with Crippen molar-refractivity contribution in [3.63, 3.8) is 0 Å². The van der Waals surface area contributed by atoms with Crippen molar-refractivity contribution in [2.24, 2.45) is 0 Å². The van der Waals surface area contributed by atoms with Crippen LogP contribution in [0.4, 0.5) is 0 Å². The molecule has 2 rings (SSSR count). The van der Waals surface area contributed by atoms with Gasteiger partial charge in [0.1, 0.15) is 5.75 Å². The topological polar surface area (TPSA) is 72.5 Å². The molecule has 1 atom stereocenters. The Morgan fingerprint density at radius 2 is 1.78 bits per heavy atom. The first-order valence-electron chi connectivity index (χ1n) is 7.11. The molecular formula is C17H19NO4S. The molecule has 0 unspecified atom stereocenters. The molecular weight excluding hydrogens is 314 g/mol. The van der Waals surface area contributed by atoms with Gasteiger partial charge in [-0.3, -0.25) is 4.79 Å². The Morgan fingerprint density at radius 3 is 2.35 bits per heavy atom. The van der Waals surface area contributed by atoms with Crippen molar-refractivity contribution in [1.82, 2.24) is 4.72 Å². The fraction of sp³-hybridized carbons (Fsp3) is 0.235. The smallest absolute Gasteiger partial charge is 0.241 e. The van der Waals surface area contributed by atoms with Gasteiger partial charge in [0.15, 0.2) is 5.78 Å². The summed E-state index contributed by atoms with van der Waals surface area (Å²) in [4.78, 5) is 11.4. The third kappa shape index (κ3) is 4.18. The molecule has 0 amide bonds. The fourth-order valence-electron chi connectivity index (χ4n) is 2.15. The van der Waals surface area contributed by atoms with Crippen molar-refractivity contribution in [1.29, 1.82) is 0 Å². The number of rotatable bonds is 6. The summed E-state index contributed by atoms with van der Waals surface area (Å²) in [5.41, 5.74) is 1.28. The molecule has 23 heavy (non-hydrogen) atoms. The summed E-state index contributed by atoms with van der Waals surface area (Å²) >= 11 is 0. The first-order chi connectivity index (χ1) is 10.8. The molecule has 0 heterocycles. The number of hydrogen-bond donors (Lipinski definition) is 1. The Labute approximate surface area is 136 Å². The number of nitrogens with one attached hydrogen (secondary N) is 1. The predicted molar refractivity (Wildman–Crippen MR) is 88.2 cm³/mol. The minimum Gasteiger partial charge on any atom is -0.497 e. The fourth-order valence-corrected chi connectivity index (χ4v) is 3.38. The van der Waals surface area contributed by atoms with Gasteiger partial charge in [-0.05, 0) is 43.7 Å². The lowest BCUT2D eigenvalue weighted by Crippen LogP contribution is -2.26. The highest BCUT2D eigenvalue weighted by Gasteiger charge is 2.18. The minimum absolute atomic E-state index is 0.105. The summed E-state index contributed by atoms with van der Waals surface area (Å²) in [5, 5.41) is 0.